The van der Waals surface area contributed by atoms with Crippen LogP contribution in [-0.2, 0) is 7.05 Å². The van der Waals surface area contributed by atoms with Crippen molar-refractivity contribution in [2.75, 3.05) is 13.7 Å². The highest BCUT2D eigenvalue weighted by Gasteiger charge is 2.28. The molecule has 1 aliphatic rings. The van der Waals surface area contributed by atoms with Crippen LogP contribution in [0, 0.1) is 0 Å². The van der Waals surface area contributed by atoms with Crippen molar-refractivity contribution in [2.45, 2.75) is 6.04 Å². The van der Waals surface area contributed by atoms with Crippen molar-refractivity contribution in [3.63, 3.8) is 0 Å². The first kappa shape index (κ1) is 9.86. The number of hydrogen-bond donors (Lipinski definition) is 1. The molecule has 0 bridgehead atoms. The van der Waals surface area contributed by atoms with Crippen LogP contribution in [0.25, 0.3) is 10.4 Å². The molecule has 4 nitrogen and oxygen atoms in total. The summed E-state index contributed by atoms with van der Waals surface area (Å²) in [5.74, 6) is 1.02. The molecule has 3 rings (SSSR count). The van der Waals surface area contributed by atoms with Crippen LogP contribution in [0.1, 0.15) is 11.6 Å². The molecule has 2 aromatic rings. The Balaban J connectivity index is 2.09. The number of fused-ring (bicyclic) bond motifs is 1. The van der Waals surface area contributed by atoms with Gasteiger partial charge in [-0.05, 0) is 7.05 Å². The first-order chi connectivity index (χ1) is 7.79. The van der Waals surface area contributed by atoms with E-state index in [2.05, 4.69) is 15.8 Å². The zero-order valence-corrected chi connectivity index (χ0v) is 10.0. The molecule has 1 unspecified atom stereocenters. The van der Waals surface area contributed by atoms with E-state index in [1.54, 1.807) is 11.3 Å². The molecule has 0 aromatic carbocycles. The molecule has 0 fully saturated rings. The average molecular weight is 235 g/mol. The van der Waals surface area contributed by atoms with Crippen molar-refractivity contribution in [3.05, 3.63) is 23.3 Å². The Morgan fingerprint density at radius 2 is 2.50 bits per heavy atom. The van der Waals surface area contributed by atoms with Gasteiger partial charge in [0.1, 0.15) is 12.4 Å². The Bertz CT molecular complexity index is 517. The van der Waals surface area contributed by atoms with Gasteiger partial charge in [0, 0.05) is 34.6 Å². The minimum Gasteiger partial charge on any atom is -0.490 e. The summed E-state index contributed by atoms with van der Waals surface area (Å²) in [6.07, 6.45) is 3.94. The summed E-state index contributed by atoms with van der Waals surface area (Å²) >= 11 is 1.72. The molecule has 0 saturated carbocycles. The van der Waals surface area contributed by atoms with Crippen LogP contribution in [0.5, 0.6) is 5.75 Å². The Labute approximate surface area is 97.9 Å². The van der Waals surface area contributed by atoms with E-state index in [1.165, 1.54) is 16.0 Å². The third kappa shape index (κ3) is 1.36. The van der Waals surface area contributed by atoms with Gasteiger partial charge in [-0.1, -0.05) is 0 Å². The highest BCUT2D eigenvalue weighted by molar-refractivity contribution is 7.14. The van der Waals surface area contributed by atoms with Crippen LogP contribution in [0.3, 0.4) is 0 Å². The Morgan fingerprint density at radius 3 is 3.19 bits per heavy atom. The van der Waals surface area contributed by atoms with Gasteiger partial charge in [-0.2, -0.15) is 5.10 Å². The fourth-order valence-electron chi connectivity index (χ4n) is 2.04. The van der Waals surface area contributed by atoms with E-state index in [1.807, 2.05) is 31.2 Å². The molecule has 0 aliphatic carbocycles. The molecule has 3 heterocycles. The summed E-state index contributed by atoms with van der Waals surface area (Å²) < 4.78 is 7.46. The van der Waals surface area contributed by atoms with Gasteiger partial charge in [0.25, 0.3) is 0 Å². The predicted molar refractivity (Wildman–Crippen MR) is 63.8 cm³/mol. The van der Waals surface area contributed by atoms with Crippen molar-refractivity contribution < 1.29 is 4.74 Å². The molecule has 16 heavy (non-hydrogen) atoms. The number of nitrogens with one attached hydrogen (secondary N) is 1. The minimum atomic E-state index is 0.302. The molecule has 5 heteroatoms. The summed E-state index contributed by atoms with van der Waals surface area (Å²) in [5.41, 5.74) is 2.44. The highest BCUT2D eigenvalue weighted by atomic mass is 32.1. The lowest BCUT2D eigenvalue weighted by atomic mass is 10.1. The van der Waals surface area contributed by atoms with Crippen LogP contribution >= 0.6 is 11.3 Å². The predicted octanol–water partition coefficient (Wildman–Crippen LogP) is 1.80. The number of thiophene rings is 1. The smallest absolute Gasteiger partial charge is 0.135 e. The van der Waals surface area contributed by atoms with Crippen molar-refractivity contribution in [1.82, 2.24) is 15.1 Å². The lowest BCUT2D eigenvalue weighted by Gasteiger charge is -2.07. The largest absolute Gasteiger partial charge is 0.490 e. The van der Waals surface area contributed by atoms with Crippen LogP contribution in [0.15, 0.2) is 17.8 Å². The standard InChI is InChI=1S/C11H13N3OS/c1-12-8-5-15-9-6-16-11(10(8)9)7-3-13-14(2)4-7/h3-4,6,8,12H,5H2,1-2H3. The van der Waals surface area contributed by atoms with Crippen LogP contribution in [0.4, 0.5) is 0 Å². The molecular formula is C11H13N3OS. The van der Waals surface area contributed by atoms with Gasteiger partial charge in [0.05, 0.1) is 12.2 Å². The van der Waals surface area contributed by atoms with Gasteiger partial charge >= 0.3 is 0 Å². The number of likely N-dealkylation sites (N-methyl/N-ethyl adjacent to an activating group) is 1. The Morgan fingerprint density at radius 1 is 1.62 bits per heavy atom. The number of ether oxygens (including phenoxy) is 1. The fourth-order valence-corrected chi connectivity index (χ4v) is 3.07. The number of rotatable bonds is 2. The second-order valence-corrected chi connectivity index (χ2v) is 4.78. The van der Waals surface area contributed by atoms with Crippen molar-refractivity contribution in [1.29, 1.82) is 0 Å². The van der Waals surface area contributed by atoms with Gasteiger partial charge in [0.15, 0.2) is 0 Å². The minimum absolute atomic E-state index is 0.302. The first-order valence-corrected chi connectivity index (χ1v) is 6.08. The summed E-state index contributed by atoms with van der Waals surface area (Å²) in [4.78, 5) is 1.26. The maximum Gasteiger partial charge on any atom is 0.135 e. The van der Waals surface area contributed by atoms with E-state index in [-0.39, 0.29) is 0 Å². The fraction of sp³-hybridized carbons (Fsp3) is 0.364. The van der Waals surface area contributed by atoms with E-state index in [0.29, 0.717) is 6.04 Å². The quantitative estimate of drug-likeness (QED) is 0.862. The summed E-state index contributed by atoms with van der Waals surface area (Å²) in [5, 5.41) is 9.57. The van der Waals surface area contributed by atoms with E-state index in [4.69, 9.17) is 4.74 Å². The second-order valence-electron chi connectivity index (χ2n) is 3.90. The lowest BCUT2D eigenvalue weighted by molar-refractivity contribution is 0.318. The van der Waals surface area contributed by atoms with Crippen LogP contribution in [0.2, 0.25) is 0 Å². The second kappa shape index (κ2) is 3.61. The van der Waals surface area contributed by atoms with Crippen molar-refractivity contribution in [3.8, 4) is 16.2 Å². The first-order valence-electron chi connectivity index (χ1n) is 5.20. The van der Waals surface area contributed by atoms with Gasteiger partial charge in [0.2, 0.25) is 0 Å². The molecule has 0 amide bonds. The van der Waals surface area contributed by atoms with Crippen LogP contribution in [-0.4, -0.2) is 23.4 Å². The van der Waals surface area contributed by atoms with Gasteiger partial charge < -0.3 is 10.1 Å². The zero-order chi connectivity index (χ0) is 11.1. The highest BCUT2D eigenvalue weighted by Crippen LogP contribution is 2.44. The van der Waals surface area contributed by atoms with E-state index >= 15 is 0 Å². The maximum absolute atomic E-state index is 5.63. The molecule has 84 valence electrons. The Kier molecular flexibility index (Phi) is 2.22. The van der Waals surface area contributed by atoms with Crippen molar-refractivity contribution in [2.24, 2.45) is 7.05 Å². The lowest BCUT2D eigenvalue weighted by Crippen LogP contribution is -2.17. The molecule has 1 aliphatic heterocycles. The summed E-state index contributed by atoms with van der Waals surface area (Å²) in [6.45, 7) is 0.724. The molecule has 0 radical (unpaired) electrons. The summed E-state index contributed by atoms with van der Waals surface area (Å²) in [7, 11) is 3.90. The number of hydrogen-bond acceptors (Lipinski definition) is 4. The normalized spacial score (nSPS) is 18.5. The molecular weight excluding hydrogens is 222 g/mol. The van der Waals surface area contributed by atoms with Gasteiger partial charge in [-0.3, -0.25) is 4.68 Å². The van der Waals surface area contributed by atoms with E-state index in [0.717, 1.165) is 12.4 Å². The monoisotopic (exact) mass is 235 g/mol. The van der Waals surface area contributed by atoms with Crippen LogP contribution < -0.4 is 10.1 Å². The van der Waals surface area contributed by atoms with Gasteiger partial charge in [-0.25, -0.2) is 0 Å². The molecule has 2 aromatic heterocycles. The molecule has 0 saturated heterocycles. The topological polar surface area (TPSA) is 39.1 Å². The number of nitrogens with zero attached hydrogens (tertiary/aromatic N) is 2. The van der Waals surface area contributed by atoms with E-state index < -0.39 is 0 Å². The SMILES string of the molecule is CNC1COc2csc(-c3cnn(C)c3)c21. The maximum atomic E-state index is 5.63. The molecule has 0 spiro atoms. The Hall–Kier alpha value is -1.33. The summed E-state index contributed by atoms with van der Waals surface area (Å²) in [6, 6.07) is 0.302. The number of aryl methyl sites for hydroxylation is 1. The van der Waals surface area contributed by atoms with Gasteiger partial charge in [-0.15, -0.1) is 11.3 Å². The molecule has 1 atom stereocenters. The average Bonchev–Trinajstić information content (AvgIpc) is 2.92. The van der Waals surface area contributed by atoms with Crippen molar-refractivity contribution >= 4 is 11.3 Å². The zero-order valence-electron chi connectivity index (χ0n) is 9.23. The number of aromatic nitrogens is 2. The molecule has 1 N–H and O–H groups in total. The third-order valence-corrected chi connectivity index (χ3v) is 3.89. The third-order valence-electron chi connectivity index (χ3n) is 2.86. The van der Waals surface area contributed by atoms with E-state index in [9.17, 15) is 0 Å².